The first-order chi connectivity index (χ1) is 10.6. The van der Waals surface area contributed by atoms with Crippen molar-refractivity contribution in [2.45, 2.75) is 5.16 Å². The quantitative estimate of drug-likeness (QED) is 0.660. The molecule has 0 aliphatic heterocycles. The molecule has 7 nitrogen and oxygen atoms in total. The highest BCUT2D eigenvalue weighted by Crippen LogP contribution is 2.38. The van der Waals surface area contributed by atoms with Crippen LogP contribution < -0.4 is 10.6 Å². The lowest BCUT2D eigenvalue weighted by Gasteiger charge is -2.15. The van der Waals surface area contributed by atoms with Crippen LogP contribution in [-0.2, 0) is 14.4 Å². The molecule has 2 aromatic rings. The van der Waals surface area contributed by atoms with E-state index in [1.54, 1.807) is 37.6 Å². The second kappa shape index (κ2) is 6.11. The van der Waals surface area contributed by atoms with Crippen molar-refractivity contribution in [3.8, 4) is 6.07 Å². The predicted molar refractivity (Wildman–Crippen MR) is 88.7 cm³/mol. The van der Waals surface area contributed by atoms with Gasteiger partial charge in [-0.2, -0.15) is 10.2 Å². The molecule has 0 saturated heterocycles. The molecule has 0 unspecified atom stereocenters. The summed E-state index contributed by atoms with van der Waals surface area (Å²) < 4.78 is 35.5. The minimum atomic E-state index is -3.61. The minimum Gasteiger partial charge on any atom is -0.338 e. The van der Waals surface area contributed by atoms with E-state index in [0.717, 1.165) is 12.5 Å². The lowest BCUT2D eigenvalue weighted by atomic mass is 10.3. The first kappa shape index (κ1) is 17.1. The van der Waals surface area contributed by atoms with Gasteiger partial charge in [-0.1, -0.05) is 12.1 Å². The molecule has 0 atom stereocenters. The number of sulfone groups is 1. The van der Waals surface area contributed by atoms with Crippen molar-refractivity contribution in [2.75, 3.05) is 24.9 Å². The van der Waals surface area contributed by atoms with Crippen LogP contribution in [0, 0.1) is 11.3 Å². The van der Waals surface area contributed by atoms with E-state index in [-0.39, 0.29) is 16.5 Å². The van der Waals surface area contributed by atoms with E-state index >= 15 is 0 Å². The molecule has 1 heterocycles. The Morgan fingerprint density at radius 2 is 1.91 bits per heavy atom. The van der Waals surface area contributed by atoms with E-state index in [9.17, 15) is 13.0 Å². The number of benzene rings is 1. The Balaban J connectivity index is 2.57. The minimum absolute atomic E-state index is 0.0591. The number of para-hydroxylation sites is 1. The fourth-order valence-electron chi connectivity index (χ4n) is 1.90. The van der Waals surface area contributed by atoms with Gasteiger partial charge in [-0.15, -0.1) is 0 Å². The zero-order chi connectivity index (χ0) is 17.3. The Hall–Kier alpha value is -2.23. The topological polar surface area (TPSA) is 113 Å². The lowest BCUT2D eigenvalue weighted by molar-refractivity contribution is 0.588. The monoisotopic (exact) mass is 350 g/mol. The summed E-state index contributed by atoms with van der Waals surface area (Å²) >= 11 is 0. The van der Waals surface area contributed by atoms with Gasteiger partial charge in [0.15, 0.2) is 5.82 Å². The van der Waals surface area contributed by atoms with Crippen molar-refractivity contribution < 1.29 is 13.0 Å². The molecule has 1 N–H and O–H groups in total. The fourth-order valence-corrected chi connectivity index (χ4v) is 3.55. The first-order valence-electron chi connectivity index (χ1n) is 6.51. The highest BCUT2D eigenvalue weighted by Gasteiger charge is 2.19. The Labute approximate surface area is 134 Å². The Bertz CT molecular complexity index is 945. The molecular formula is C14H15N4O3PS. The maximum atomic E-state index is 12.4. The standard InChI is InChI=1S/C14H15N4O3PS/c1-22(2,19)12-7-5-4-6-11(12)17-13-10(8-15)9-16-14(18-13)23(3,20)21/h4-7,9H,1-3H3,(H,16,17,18). The summed E-state index contributed by atoms with van der Waals surface area (Å²) in [6.07, 6.45) is 2.13. The van der Waals surface area contributed by atoms with Crippen LogP contribution in [0.1, 0.15) is 5.56 Å². The second-order valence-corrected chi connectivity index (χ2v) is 10.4. The van der Waals surface area contributed by atoms with Crippen molar-refractivity contribution in [2.24, 2.45) is 0 Å². The molecule has 1 aromatic heterocycles. The Morgan fingerprint density at radius 1 is 1.26 bits per heavy atom. The molecule has 0 bridgehead atoms. The van der Waals surface area contributed by atoms with Crippen molar-refractivity contribution in [1.29, 1.82) is 5.26 Å². The molecule has 0 saturated carbocycles. The molecule has 120 valence electrons. The smallest absolute Gasteiger partial charge is 0.248 e. The molecule has 0 fully saturated rings. The van der Waals surface area contributed by atoms with Gasteiger partial charge in [-0.05, 0) is 25.5 Å². The molecule has 0 amide bonds. The summed E-state index contributed by atoms with van der Waals surface area (Å²) in [5.74, 6) is 0.0591. The molecule has 0 spiro atoms. The zero-order valence-corrected chi connectivity index (χ0v) is 14.5. The van der Waals surface area contributed by atoms with E-state index < -0.39 is 17.0 Å². The molecule has 23 heavy (non-hydrogen) atoms. The van der Waals surface area contributed by atoms with E-state index in [1.807, 2.05) is 6.07 Å². The maximum Gasteiger partial charge on any atom is 0.248 e. The number of nitrogens with zero attached hydrogens (tertiary/aromatic N) is 3. The number of hydrogen-bond donors (Lipinski definition) is 1. The summed E-state index contributed by atoms with van der Waals surface area (Å²) in [6.45, 7) is 3.25. The van der Waals surface area contributed by atoms with Crippen molar-refractivity contribution in [1.82, 2.24) is 9.97 Å². The Kier molecular flexibility index (Phi) is 4.55. The zero-order valence-electron chi connectivity index (χ0n) is 12.8. The molecule has 0 aliphatic rings. The van der Waals surface area contributed by atoms with Gasteiger partial charge >= 0.3 is 0 Å². The van der Waals surface area contributed by atoms with Gasteiger partial charge in [0.05, 0.1) is 11.9 Å². The molecule has 0 aliphatic carbocycles. The number of nitrogens with one attached hydrogen (secondary N) is 1. The average Bonchev–Trinajstić information content (AvgIpc) is 2.45. The molecule has 2 rings (SSSR count). The fraction of sp³-hybridized carbons (Fsp3) is 0.214. The molecular weight excluding hydrogens is 335 g/mol. The van der Waals surface area contributed by atoms with E-state index in [4.69, 9.17) is 5.26 Å². The number of hydrogen-bond acceptors (Lipinski definition) is 7. The van der Waals surface area contributed by atoms with E-state index in [0.29, 0.717) is 11.0 Å². The third-order valence-corrected chi connectivity index (χ3v) is 5.37. The summed E-state index contributed by atoms with van der Waals surface area (Å²) in [4.78, 5) is 7.59. The normalized spacial score (nSPS) is 11.7. The van der Waals surface area contributed by atoms with Crippen molar-refractivity contribution in [3.63, 3.8) is 0 Å². The third-order valence-electron chi connectivity index (χ3n) is 2.96. The van der Waals surface area contributed by atoms with Crippen LogP contribution in [0.25, 0.3) is 0 Å². The van der Waals surface area contributed by atoms with Crippen molar-refractivity contribution in [3.05, 3.63) is 36.0 Å². The van der Waals surface area contributed by atoms with Crippen LogP contribution in [0.5, 0.6) is 0 Å². The highest BCUT2D eigenvalue weighted by molar-refractivity contribution is 7.90. The second-order valence-electron chi connectivity index (χ2n) is 5.29. The predicted octanol–water partition coefficient (Wildman–Crippen LogP) is 1.74. The van der Waals surface area contributed by atoms with Crippen LogP contribution in [0.4, 0.5) is 11.5 Å². The summed E-state index contributed by atoms with van der Waals surface area (Å²) in [5, 5.41) is 12.3. The van der Waals surface area contributed by atoms with E-state index in [2.05, 4.69) is 15.3 Å². The summed E-state index contributed by atoms with van der Waals surface area (Å²) in [6, 6.07) is 8.81. The number of rotatable bonds is 4. The summed E-state index contributed by atoms with van der Waals surface area (Å²) in [5.41, 5.74) is 0.602. The number of nitriles is 1. The highest BCUT2D eigenvalue weighted by atomic mass is 32.2. The average molecular weight is 350 g/mol. The van der Waals surface area contributed by atoms with Gasteiger partial charge in [0.2, 0.25) is 15.0 Å². The van der Waals surface area contributed by atoms with Crippen LogP contribution >= 0.6 is 7.14 Å². The first-order valence-corrected chi connectivity index (χ1v) is 11.0. The van der Waals surface area contributed by atoms with Gasteiger partial charge in [0, 0.05) is 11.6 Å². The van der Waals surface area contributed by atoms with Crippen molar-refractivity contribution >= 4 is 33.8 Å². The lowest BCUT2D eigenvalue weighted by Crippen LogP contribution is -2.12. The number of aromatic nitrogens is 2. The molecule has 0 radical (unpaired) electrons. The SMILES string of the molecule is CP(C)(=O)c1ccccc1Nc1nc(S(C)(=O)=O)ncc1C#N. The van der Waals surface area contributed by atoms with Gasteiger partial charge in [0.1, 0.15) is 18.8 Å². The van der Waals surface area contributed by atoms with Gasteiger partial charge < -0.3 is 9.88 Å². The molecule has 1 aromatic carbocycles. The largest absolute Gasteiger partial charge is 0.338 e. The van der Waals surface area contributed by atoms with Crippen LogP contribution in [0.2, 0.25) is 0 Å². The third kappa shape index (κ3) is 3.95. The van der Waals surface area contributed by atoms with Gasteiger partial charge in [-0.3, -0.25) is 0 Å². The van der Waals surface area contributed by atoms with Crippen LogP contribution in [0.15, 0.2) is 35.6 Å². The van der Waals surface area contributed by atoms with Gasteiger partial charge in [-0.25, -0.2) is 13.4 Å². The molecule has 9 heteroatoms. The number of anilines is 2. The van der Waals surface area contributed by atoms with Gasteiger partial charge in [0.25, 0.3) is 0 Å². The maximum absolute atomic E-state index is 12.4. The van der Waals surface area contributed by atoms with Crippen LogP contribution in [0.3, 0.4) is 0 Å². The Morgan fingerprint density at radius 3 is 2.48 bits per heavy atom. The van der Waals surface area contributed by atoms with Crippen LogP contribution in [-0.4, -0.2) is 38.0 Å². The summed E-state index contributed by atoms with van der Waals surface area (Å²) in [7, 11) is -6.18. The van der Waals surface area contributed by atoms with E-state index in [1.165, 1.54) is 0 Å².